The summed E-state index contributed by atoms with van der Waals surface area (Å²) in [5, 5.41) is 20.3. The third kappa shape index (κ3) is 2.22. The van der Waals surface area contributed by atoms with Crippen molar-refractivity contribution in [3.63, 3.8) is 0 Å². The average Bonchev–Trinajstić information content (AvgIpc) is 3.08. The lowest BCUT2D eigenvalue weighted by atomic mass is 10.0. The van der Waals surface area contributed by atoms with Gasteiger partial charge in [-0.05, 0) is 40.6 Å². The van der Waals surface area contributed by atoms with E-state index in [0.717, 1.165) is 27.8 Å². The molecule has 0 saturated heterocycles. The summed E-state index contributed by atoms with van der Waals surface area (Å²) in [5.74, 6) is 0. The van der Waals surface area contributed by atoms with Gasteiger partial charge < -0.3 is 15.4 Å². The fourth-order valence-electron chi connectivity index (χ4n) is 3.98. The van der Waals surface area contributed by atoms with Crippen molar-refractivity contribution >= 4 is 45.0 Å². The van der Waals surface area contributed by atoms with Crippen molar-refractivity contribution < 1.29 is 0 Å². The minimum atomic E-state index is 0.795. The Kier molecular flexibility index (Phi) is 3.41. The zero-order valence-electron chi connectivity index (χ0n) is 14.6. The number of benzene rings is 4. The van der Waals surface area contributed by atoms with Crippen molar-refractivity contribution in [3.05, 3.63) is 90.0 Å². The maximum atomic E-state index is 7.89. The van der Waals surface area contributed by atoms with Crippen molar-refractivity contribution in [2.45, 2.75) is 0 Å². The molecule has 3 nitrogen and oxygen atoms in total. The first kappa shape index (κ1) is 15.5. The summed E-state index contributed by atoms with van der Waals surface area (Å²) in [5.41, 5.74) is 4.79. The summed E-state index contributed by atoms with van der Waals surface area (Å²) in [6, 6.07) is 27.0. The predicted molar refractivity (Wildman–Crippen MR) is 114 cm³/mol. The van der Waals surface area contributed by atoms with Crippen LogP contribution in [0.4, 0.5) is 0 Å². The summed E-state index contributed by atoms with van der Waals surface area (Å²) in [4.78, 5) is 0. The van der Waals surface area contributed by atoms with Crippen LogP contribution in [0.15, 0.2) is 78.9 Å². The van der Waals surface area contributed by atoms with Crippen molar-refractivity contribution in [1.29, 1.82) is 10.8 Å². The van der Waals surface area contributed by atoms with Gasteiger partial charge in [0.2, 0.25) is 0 Å². The lowest BCUT2D eigenvalue weighted by molar-refractivity contribution is 1.17. The lowest BCUT2D eigenvalue weighted by Crippen LogP contribution is -2.00. The maximum Gasteiger partial charge on any atom is 0.0550 e. The Bertz CT molecular complexity index is 1360. The topological polar surface area (TPSA) is 52.6 Å². The smallest absolute Gasteiger partial charge is 0.0550 e. The highest BCUT2D eigenvalue weighted by Crippen LogP contribution is 2.37. The molecule has 3 heteroatoms. The van der Waals surface area contributed by atoms with Crippen LogP contribution in [0, 0.1) is 10.8 Å². The molecule has 5 rings (SSSR count). The molecule has 2 N–H and O–H groups in total. The van der Waals surface area contributed by atoms with Crippen LogP contribution in [0.25, 0.3) is 38.3 Å². The highest BCUT2D eigenvalue weighted by Gasteiger charge is 2.15. The molecule has 0 aliphatic rings. The Morgan fingerprint density at radius 3 is 2.26 bits per heavy atom. The molecule has 1 aromatic heterocycles. The normalized spacial score (nSPS) is 11.3. The number of fused-ring (bicyclic) bond motifs is 5. The van der Waals surface area contributed by atoms with E-state index in [1.165, 1.54) is 34.0 Å². The Labute approximate surface area is 156 Å². The zero-order chi connectivity index (χ0) is 18.4. The molecular formula is C24H17N3. The predicted octanol–water partition coefficient (Wildman–Crippen LogP) is 5.93. The van der Waals surface area contributed by atoms with Crippen LogP contribution in [-0.2, 0) is 0 Å². The Hall–Kier alpha value is -3.72. The lowest BCUT2D eigenvalue weighted by Gasteiger charge is -2.12. The average molecular weight is 347 g/mol. The fraction of sp³-hybridized carbons (Fsp3) is 0. The van der Waals surface area contributed by atoms with E-state index < -0.39 is 0 Å². The standard InChI is InChI=1S/C24H17N3/c25-14-16-9-11-21(18(13-16)15-26)27-22-8-4-3-7-20(22)24-19-6-2-1-5-17(19)10-12-23(24)27/h1-15,25-26H. The van der Waals surface area contributed by atoms with Gasteiger partial charge in [0.05, 0.1) is 16.7 Å². The van der Waals surface area contributed by atoms with Crippen LogP contribution >= 0.6 is 0 Å². The van der Waals surface area contributed by atoms with Crippen molar-refractivity contribution in [3.8, 4) is 5.69 Å². The highest BCUT2D eigenvalue weighted by atomic mass is 15.0. The van der Waals surface area contributed by atoms with Gasteiger partial charge in [-0.15, -0.1) is 0 Å². The van der Waals surface area contributed by atoms with Gasteiger partial charge in [0, 0.05) is 28.8 Å². The molecule has 4 aromatic carbocycles. The van der Waals surface area contributed by atoms with E-state index in [0.29, 0.717) is 0 Å². The van der Waals surface area contributed by atoms with Crippen LogP contribution in [-0.4, -0.2) is 17.0 Å². The number of aromatic nitrogens is 1. The SMILES string of the molecule is N=Cc1ccc(-n2c3ccccc3c3c4ccccc4ccc32)c(C=N)c1. The second-order valence-corrected chi connectivity index (χ2v) is 6.64. The number of nitrogens with one attached hydrogen (secondary N) is 2. The Balaban J connectivity index is 2.00. The molecule has 27 heavy (non-hydrogen) atoms. The molecule has 128 valence electrons. The first-order valence-corrected chi connectivity index (χ1v) is 8.88. The molecule has 0 radical (unpaired) electrons. The van der Waals surface area contributed by atoms with E-state index in [1.807, 2.05) is 18.2 Å². The Morgan fingerprint density at radius 1 is 0.667 bits per heavy atom. The van der Waals surface area contributed by atoms with Crippen LogP contribution in [0.5, 0.6) is 0 Å². The van der Waals surface area contributed by atoms with Gasteiger partial charge in [-0.1, -0.05) is 54.6 Å². The molecule has 0 bridgehead atoms. The largest absolute Gasteiger partial charge is 0.309 e. The van der Waals surface area contributed by atoms with Gasteiger partial charge in [0.15, 0.2) is 0 Å². The summed E-state index contributed by atoms with van der Waals surface area (Å²) in [7, 11) is 0. The molecule has 0 saturated carbocycles. The van der Waals surface area contributed by atoms with Crippen molar-refractivity contribution in [2.24, 2.45) is 0 Å². The number of nitrogens with zero attached hydrogens (tertiary/aromatic N) is 1. The first-order chi connectivity index (χ1) is 13.3. The molecule has 0 unspecified atom stereocenters. The summed E-state index contributed by atoms with van der Waals surface area (Å²) in [6.45, 7) is 0. The molecule has 0 aliphatic carbocycles. The van der Waals surface area contributed by atoms with E-state index in [1.54, 1.807) is 0 Å². The summed E-state index contributed by atoms with van der Waals surface area (Å²) >= 11 is 0. The van der Waals surface area contributed by atoms with Crippen molar-refractivity contribution in [2.75, 3.05) is 0 Å². The van der Waals surface area contributed by atoms with E-state index in [-0.39, 0.29) is 0 Å². The zero-order valence-corrected chi connectivity index (χ0v) is 14.6. The molecule has 0 aliphatic heterocycles. The van der Waals surface area contributed by atoms with Gasteiger partial charge in [-0.2, -0.15) is 0 Å². The first-order valence-electron chi connectivity index (χ1n) is 8.88. The monoisotopic (exact) mass is 347 g/mol. The van der Waals surface area contributed by atoms with E-state index in [9.17, 15) is 0 Å². The number of hydrogen-bond donors (Lipinski definition) is 2. The van der Waals surface area contributed by atoms with Crippen LogP contribution in [0.2, 0.25) is 0 Å². The Morgan fingerprint density at radius 2 is 1.44 bits per heavy atom. The summed E-state index contributed by atoms with van der Waals surface area (Å²) in [6.07, 6.45) is 2.68. The highest BCUT2D eigenvalue weighted by molar-refractivity contribution is 6.21. The van der Waals surface area contributed by atoms with Gasteiger partial charge >= 0.3 is 0 Å². The number of hydrogen-bond acceptors (Lipinski definition) is 2. The minimum absolute atomic E-state index is 0.795. The fourth-order valence-corrected chi connectivity index (χ4v) is 3.98. The second-order valence-electron chi connectivity index (χ2n) is 6.64. The molecule has 1 heterocycles. The summed E-state index contributed by atoms with van der Waals surface area (Å²) < 4.78 is 2.23. The molecule has 5 aromatic rings. The molecular weight excluding hydrogens is 330 g/mol. The third-order valence-corrected chi connectivity index (χ3v) is 5.18. The maximum absolute atomic E-state index is 7.89. The van der Waals surface area contributed by atoms with Gasteiger partial charge in [-0.3, -0.25) is 0 Å². The molecule has 0 amide bonds. The van der Waals surface area contributed by atoms with Crippen LogP contribution < -0.4 is 0 Å². The van der Waals surface area contributed by atoms with Gasteiger partial charge in [-0.25, -0.2) is 0 Å². The van der Waals surface area contributed by atoms with Gasteiger partial charge in [0.25, 0.3) is 0 Å². The van der Waals surface area contributed by atoms with Crippen LogP contribution in [0.1, 0.15) is 11.1 Å². The van der Waals surface area contributed by atoms with E-state index >= 15 is 0 Å². The molecule has 0 atom stereocenters. The molecule has 0 spiro atoms. The van der Waals surface area contributed by atoms with E-state index in [4.69, 9.17) is 10.8 Å². The van der Waals surface area contributed by atoms with Crippen LogP contribution in [0.3, 0.4) is 0 Å². The number of rotatable bonds is 3. The quantitative estimate of drug-likeness (QED) is 0.380. The third-order valence-electron chi connectivity index (χ3n) is 5.18. The molecule has 0 fully saturated rings. The van der Waals surface area contributed by atoms with E-state index in [2.05, 4.69) is 65.2 Å². The van der Waals surface area contributed by atoms with Crippen molar-refractivity contribution in [1.82, 2.24) is 4.57 Å². The minimum Gasteiger partial charge on any atom is -0.309 e. The second kappa shape index (κ2) is 5.92. The van der Waals surface area contributed by atoms with Gasteiger partial charge in [0.1, 0.15) is 0 Å². The number of para-hydroxylation sites is 1.